The maximum atomic E-state index is 13.2. The molecule has 1 atom stereocenters. The van der Waals surface area contributed by atoms with Gasteiger partial charge in [0.2, 0.25) is 5.91 Å². The van der Waals surface area contributed by atoms with Crippen molar-refractivity contribution in [2.75, 3.05) is 10.6 Å². The molecule has 0 saturated heterocycles. The fourth-order valence-electron chi connectivity index (χ4n) is 3.38. The van der Waals surface area contributed by atoms with E-state index in [1.165, 1.54) is 36.0 Å². The third kappa shape index (κ3) is 6.11. The summed E-state index contributed by atoms with van der Waals surface area (Å²) in [7, 11) is 0. The number of rotatable bonds is 7. The number of thioether (sulfide) groups is 1. The Hall–Kier alpha value is -3.90. The van der Waals surface area contributed by atoms with Crippen molar-refractivity contribution in [3.63, 3.8) is 0 Å². The molecule has 0 fully saturated rings. The second-order valence-corrected chi connectivity index (χ2v) is 8.93. The SMILES string of the molecule is Cc1cccc(C(=O)Nc2ccc(SC(C(=O)Nc3ccc(F)cc3)c3ccccc3)cc2)c1. The molecular formula is C28H23FN2O2S. The standard InChI is InChI=1S/C28H23FN2O2S/c1-19-6-5-9-21(18-19)27(32)30-24-14-16-25(17-15-24)34-26(20-7-3-2-4-8-20)28(33)31-23-12-10-22(29)11-13-23/h2-18,26H,1H3,(H,30,32)(H,31,33). The highest BCUT2D eigenvalue weighted by atomic mass is 32.2. The summed E-state index contributed by atoms with van der Waals surface area (Å²) in [6.07, 6.45) is 0. The van der Waals surface area contributed by atoms with Crippen molar-refractivity contribution in [3.05, 3.63) is 126 Å². The predicted molar refractivity (Wildman–Crippen MR) is 136 cm³/mol. The average molecular weight is 471 g/mol. The van der Waals surface area contributed by atoms with E-state index in [2.05, 4.69) is 10.6 Å². The van der Waals surface area contributed by atoms with Gasteiger partial charge in [-0.15, -0.1) is 11.8 Å². The molecule has 4 rings (SSSR count). The molecule has 170 valence electrons. The zero-order chi connectivity index (χ0) is 23.9. The van der Waals surface area contributed by atoms with Gasteiger partial charge in [-0.3, -0.25) is 9.59 Å². The van der Waals surface area contributed by atoms with Gasteiger partial charge in [0.05, 0.1) is 0 Å². The molecule has 0 radical (unpaired) electrons. The summed E-state index contributed by atoms with van der Waals surface area (Å²) in [6.45, 7) is 1.94. The largest absolute Gasteiger partial charge is 0.325 e. The summed E-state index contributed by atoms with van der Waals surface area (Å²) in [4.78, 5) is 26.5. The summed E-state index contributed by atoms with van der Waals surface area (Å²) < 4.78 is 13.2. The summed E-state index contributed by atoms with van der Waals surface area (Å²) in [5.74, 6) is -0.744. The predicted octanol–water partition coefficient (Wildman–Crippen LogP) is 6.86. The Balaban J connectivity index is 1.48. The molecule has 0 aliphatic carbocycles. The van der Waals surface area contributed by atoms with E-state index in [0.717, 1.165) is 16.0 Å². The third-order valence-corrected chi connectivity index (χ3v) is 6.36. The number of aryl methyl sites for hydroxylation is 1. The van der Waals surface area contributed by atoms with Crippen molar-refractivity contribution in [2.45, 2.75) is 17.1 Å². The minimum Gasteiger partial charge on any atom is -0.325 e. The van der Waals surface area contributed by atoms with Gasteiger partial charge in [0.15, 0.2) is 0 Å². The Morgan fingerprint density at radius 1 is 0.765 bits per heavy atom. The molecule has 0 aliphatic rings. The fraction of sp³-hybridized carbons (Fsp3) is 0.0714. The summed E-state index contributed by atoms with van der Waals surface area (Å²) in [5.41, 5.74) is 3.67. The van der Waals surface area contributed by atoms with Crippen molar-refractivity contribution in [3.8, 4) is 0 Å². The van der Waals surface area contributed by atoms with E-state index in [1.807, 2.05) is 79.7 Å². The van der Waals surface area contributed by atoms with Crippen molar-refractivity contribution in [1.29, 1.82) is 0 Å². The smallest absolute Gasteiger partial charge is 0.255 e. The van der Waals surface area contributed by atoms with Gasteiger partial charge in [-0.1, -0.05) is 48.0 Å². The number of halogens is 1. The average Bonchev–Trinajstić information content (AvgIpc) is 2.85. The van der Waals surface area contributed by atoms with Crippen LogP contribution in [-0.2, 0) is 4.79 Å². The van der Waals surface area contributed by atoms with Gasteiger partial charge in [-0.05, 0) is 73.2 Å². The Morgan fingerprint density at radius 3 is 2.09 bits per heavy atom. The third-order valence-electron chi connectivity index (χ3n) is 5.10. The first kappa shape index (κ1) is 23.3. The van der Waals surface area contributed by atoms with Crippen LogP contribution >= 0.6 is 11.8 Å². The quantitative estimate of drug-likeness (QED) is 0.290. The Labute approximate surface area is 202 Å². The van der Waals surface area contributed by atoms with Crippen LogP contribution in [0.15, 0.2) is 108 Å². The van der Waals surface area contributed by atoms with Crippen molar-refractivity contribution in [1.82, 2.24) is 0 Å². The van der Waals surface area contributed by atoms with E-state index in [4.69, 9.17) is 0 Å². The van der Waals surface area contributed by atoms with Crippen LogP contribution < -0.4 is 10.6 Å². The van der Waals surface area contributed by atoms with E-state index in [9.17, 15) is 14.0 Å². The number of benzene rings is 4. The van der Waals surface area contributed by atoms with Crippen LogP contribution in [-0.4, -0.2) is 11.8 Å². The first-order valence-corrected chi connectivity index (χ1v) is 11.6. The molecule has 4 aromatic rings. The van der Waals surface area contributed by atoms with Gasteiger partial charge < -0.3 is 10.6 Å². The highest BCUT2D eigenvalue weighted by Crippen LogP contribution is 2.36. The van der Waals surface area contributed by atoms with Gasteiger partial charge >= 0.3 is 0 Å². The van der Waals surface area contributed by atoms with Gasteiger partial charge in [0, 0.05) is 21.8 Å². The van der Waals surface area contributed by atoms with Crippen molar-refractivity contribution < 1.29 is 14.0 Å². The Bertz CT molecular complexity index is 1280. The van der Waals surface area contributed by atoms with E-state index in [-0.39, 0.29) is 17.6 Å². The molecule has 2 N–H and O–H groups in total. The van der Waals surface area contributed by atoms with Crippen LogP contribution in [0.25, 0.3) is 0 Å². The van der Waals surface area contributed by atoms with Crippen LogP contribution in [0.2, 0.25) is 0 Å². The molecule has 0 spiro atoms. The first-order chi connectivity index (χ1) is 16.5. The highest BCUT2D eigenvalue weighted by Gasteiger charge is 2.22. The second kappa shape index (κ2) is 10.8. The molecule has 0 bridgehead atoms. The lowest BCUT2D eigenvalue weighted by Crippen LogP contribution is -2.19. The molecule has 6 heteroatoms. The van der Waals surface area contributed by atoms with Crippen molar-refractivity contribution in [2.24, 2.45) is 0 Å². The first-order valence-electron chi connectivity index (χ1n) is 10.7. The number of nitrogens with one attached hydrogen (secondary N) is 2. The van der Waals surface area contributed by atoms with E-state index < -0.39 is 5.25 Å². The van der Waals surface area contributed by atoms with E-state index in [1.54, 1.807) is 6.07 Å². The van der Waals surface area contributed by atoms with Crippen LogP contribution in [0.5, 0.6) is 0 Å². The summed E-state index contributed by atoms with van der Waals surface area (Å²) in [5, 5.41) is 5.25. The molecule has 0 saturated carbocycles. The number of carbonyl (C=O) groups is 2. The molecule has 0 aromatic heterocycles. The molecule has 0 aliphatic heterocycles. The normalized spacial score (nSPS) is 11.5. The Morgan fingerprint density at radius 2 is 1.41 bits per heavy atom. The summed E-state index contributed by atoms with van der Waals surface area (Å²) in [6, 6.07) is 29.9. The van der Waals surface area contributed by atoms with Gasteiger partial charge in [0.1, 0.15) is 11.1 Å². The van der Waals surface area contributed by atoms with Crippen LogP contribution in [0, 0.1) is 12.7 Å². The molecule has 4 nitrogen and oxygen atoms in total. The minimum absolute atomic E-state index is 0.176. The molecule has 4 aromatic carbocycles. The van der Waals surface area contributed by atoms with Crippen LogP contribution in [0.4, 0.5) is 15.8 Å². The van der Waals surface area contributed by atoms with E-state index >= 15 is 0 Å². The van der Waals surface area contributed by atoms with Crippen LogP contribution in [0.3, 0.4) is 0 Å². The number of hydrogen-bond donors (Lipinski definition) is 2. The molecule has 0 heterocycles. The lowest BCUT2D eigenvalue weighted by atomic mass is 10.1. The highest BCUT2D eigenvalue weighted by molar-refractivity contribution is 8.00. The van der Waals surface area contributed by atoms with E-state index in [0.29, 0.717) is 16.9 Å². The van der Waals surface area contributed by atoms with Crippen LogP contribution in [0.1, 0.15) is 26.7 Å². The zero-order valence-electron chi connectivity index (χ0n) is 18.5. The lowest BCUT2D eigenvalue weighted by molar-refractivity contribution is -0.115. The van der Waals surface area contributed by atoms with Gasteiger partial charge in [-0.2, -0.15) is 0 Å². The second-order valence-electron chi connectivity index (χ2n) is 7.75. The summed E-state index contributed by atoms with van der Waals surface area (Å²) >= 11 is 1.40. The lowest BCUT2D eigenvalue weighted by Gasteiger charge is -2.17. The molecule has 2 amide bonds. The van der Waals surface area contributed by atoms with Gasteiger partial charge in [0.25, 0.3) is 5.91 Å². The maximum Gasteiger partial charge on any atom is 0.255 e. The number of amides is 2. The minimum atomic E-state index is -0.515. The van der Waals surface area contributed by atoms with Gasteiger partial charge in [-0.25, -0.2) is 4.39 Å². The maximum absolute atomic E-state index is 13.2. The molecule has 34 heavy (non-hydrogen) atoms. The topological polar surface area (TPSA) is 58.2 Å². The monoisotopic (exact) mass is 470 g/mol. The number of carbonyl (C=O) groups excluding carboxylic acids is 2. The van der Waals surface area contributed by atoms with Crippen molar-refractivity contribution >= 4 is 35.0 Å². The molecule has 1 unspecified atom stereocenters. The number of anilines is 2. The number of hydrogen-bond acceptors (Lipinski definition) is 3. The Kier molecular flexibility index (Phi) is 7.40. The fourth-order valence-corrected chi connectivity index (χ4v) is 4.41. The molecular weight excluding hydrogens is 447 g/mol. The zero-order valence-corrected chi connectivity index (χ0v) is 19.3.